The average molecular weight is 760 g/mol. The number of ether oxygens (including phenoxy) is 2. The molecule has 0 unspecified atom stereocenters. The minimum atomic E-state index is -5.08. The summed E-state index contributed by atoms with van der Waals surface area (Å²) >= 11 is 0. The van der Waals surface area contributed by atoms with E-state index in [9.17, 15) is 31.9 Å². The molecule has 0 amide bonds. The average Bonchev–Trinajstić information content (AvgIpc) is 3.63. The van der Waals surface area contributed by atoms with Gasteiger partial charge in [0.25, 0.3) is 0 Å². The van der Waals surface area contributed by atoms with Crippen LogP contribution in [-0.2, 0) is 14.3 Å². The molecule has 0 radical (unpaired) electrons. The number of carbonyl (C=O) groups is 2. The summed E-state index contributed by atoms with van der Waals surface area (Å²) in [6, 6.07) is 5.29. The number of carboxylic acid groups (broad SMARTS) is 1. The summed E-state index contributed by atoms with van der Waals surface area (Å²) in [5, 5.41) is 18.7. The Bertz CT molecular complexity index is 2180. The topological polar surface area (TPSA) is 138 Å². The van der Waals surface area contributed by atoms with E-state index in [-0.39, 0.29) is 46.1 Å². The van der Waals surface area contributed by atoms with Gasteiger partial charge in [-0.1, -0.05) is 12.0 Å². The van der Waals surface area contributed by atoms with Crippen LogP contribution in [0.2, 0.25) is 0 Å². The maximum Gasteiger partial charge on any atom is 0.490 e. The van der Waals surface area contributed by atoms with E-state index in [4.69, 9.17) is 30.8 Å². The number of fused-ring (bicyclic) bond motifs is 3. The van der Waals surface area contributed by atoms with Crippen molar-refractivity contribution < 1.29 is 55.6 Å². The highest BCUT2D eigenvalue weighted by Gasteiger charge is 2.49. The van der Waals surface area contributed by atoms with Gasteiger partial charge in [0.1, 0.15) is 47.5 Å². The fourth-order valence-electron chi connectivity index (χ4n) is 7.64. The number of nitrogens with zero attached hydrogens (tertiary/aromatic N) is 5. The number of carbonyl (C=O) groups excluding carboxylic acids is 1. The summed E-state index contributed by atoms with van der Waals surface area (Å²) in [6.07, 6.45) is 2.64. The second-order valence-electron chi connectivity index (χ2n) is 13.6. The zero-order chi connectivity index (χ0) is 39.1. The van der Waals surface area contributed by atoms with Gasteiger partial charge in [0.05, 0.1) is 28.7 Å². The van der Waals surface area contributed by atoms with Gasteiger partial charge in [0, 0.05) is 37.4 Å². The van der Waals surface area contributed by atoms with E-state index in [0.29, 0.717) is 61.2 Å². The molecule has 2 N–H and O–H groups in total. The van der Waals surface area contributed by atoms with Crippen LogP contribution in [0.5, 0.6) is 11.8 Å². The lowest BCUT2D eigenvalue weighted by Crippen LogP contribution is -2.43. The number of aromatic nitrogens is 3. The third-order valence-corrected chi connectivity index (χ3v) is 9.86. The second kappa shape index (κ2) is 14.8. The maximum atomic E-state index is 16.9. The van der Waals surface area contributed by atoms with Gasteiger partial charge < -0.3 is 24.6 Å². The lowest BCUT2D eigenvalue weighted by molar-refractivity contribution is -0.192. The maximum absolute atomic E-state index is 16.9. The zero-order valence-corrected chi connectivity index (χ0v) is 29.1. The van der Waals surface area contributed by atoms with Crippen LogP contribution >= 0.6 is 0 Å². The molecule has 5 heterocycles. The Morgan fingerprint density at radius 3 is 2.52 bits per heavy atom. The first kappa shape index (κ1) is 38.4. The molecule has 3 fully saturated rings. The van der Waals surface area contributed by atoms with Crippen LogP contribution in [0.25, 0.3) is 32.9 Å². The van der Waals surface area contributed by atoms with Crippen molar-refractivity contribution in [3.8, 4) is 35.4 Å². The molecule has 3 saturated heterocycles. The first-order valence-electron chi connectivity index (χ1n) is 17.1. The number of halogens is 6. The van der Waals surface area contributed by atoms with E-state index in [2.05, 4.69) is 20.8 Å². The largest absolute Gasteiger partial charge is 0.508 e. The number of aryl methyl sites for hydroxylation is 1. The van der Waals surface area contributed by atoms with Crippen molar-refractivity contribution in [2.45, 2.75) is 69.9 Å². The number of benzene rings is 2. The zero-order valence-electron chi connectivity index (χ0n) is 29.1. The summed E-state index contributed by atoms with van der Waals surface area (Å²) in [6.45, 7) is 5.17. The highest BCUT2D eigenvalue weighted by molar-refractivity contribution is 6.03. The van der Waals surface area contributed by atoms with Crippen LogP contribution in [-0.4, -0.2) is 98.8 Å². The van der Waals surface area contributed by atoms with Gasteiger partial charge in [-0.05, 0) is 62.7 Å². The Hall–Kier alpha value is -5.37. The fraction of sp³-hybridized carbons (Fsp3) is 0.432. The van der Waals surface area contributed by atoms with Crippen molar-refractivity contribution in [3.63, 3.8) is 0 Å². The first-order valence-corrected chi connectivity index (χ1v) is 17.1. The number of piperidine rings is 1. The van der Waals surface area contributed by atoms with Crippen LogP contribution in [0.3, 0.4) is 0 Å². The smallest absolute Gasteiger partial charge is 0.490 e. The number of phenolic OH excluding ortho intramolecular Hbond substituents is 1. The minimum Gasteiger partial charge on any atom is -0.508 e. The molecule has 0 saturated carbocycles. The first-order chi connectivity index (χ1) is 25.5. The van der Waals surface area contributed by atoms with Crippen molar-refractivity contribution in [1.29, 1.82) is 0 Å². The van der Waals surface area contributed by atoms with Gasteiger partial charge in [-0.25, -0.2) is 22.9 Å². The van der Waals surface area contributed by atoms with Crippen molar-refractivity contribution in [1.82, 2.24) is 19.9 Å². The lowest BCUT2D eigenvalue weighted by atomic mass is 9.95. The van der Waals surface area contributed by atoms with Crippen LogP contribution in [0.1, 0.15) is 50.3 Å². The van der Waals surface area contributed by atoms with Crippen molar-refractivity contribution >= 4 is 39.4 Å². The minimum absolute atomic E-state index is 0.0859. The van der Waals surface area contributed by atoms with Gasteiger partial charge in [-0.2, -0.15) is 23.1 Å². The van der Waals surface area contributed by atoms with Gasteiger partial charge in [0.2, 0.25) is 0 Å². The fourth-order valence-corrected chi connectivity index (χ4v) is 7.64. The van der Waals surface area contributed by atoms with Crippen LogP contribution < -0.4 is 9.64 Å². The van der Waals surface area contributed by atoms with Crippen LogP contribution in [0.15, 0.2) is 24.3 Å². The second-order valence-corrected chi connectivity index (χ2v) is 13.6. The molecule has 17 heteroatoms. The van der Waals surface area contributed by atoms with E-state index >= 15 is 4.39 Å². The molecule has 4 aromatic rings. The SMILES string of the molecule is C#Cc1c(F)ccc2cc(O)cc(-c3nc(C)c4c(N5CCC[C@@H](OC(C)=O)C5)nc(OC[C@@]56CCCN5C[C@H](F)C6)nc4c3F)c12.O=C(O)C(F)(F)F. The standard InChI is InChI=1S/C35H34F3N5O4.C2HF3O2/c1-4-25-27(37)9-8-21-13-23(45)14-26(29(21)25)31-30(38)32-28(19(2)39-31)33(42-11-5-7-24(17-42)47-20(3)44)41-34(40-32)46-18-35-10-6-12-43(35)16-22(36)15-35;3-2(4,5)1(6)7/h1,8-9,13-14,22,24,45H,5-7,10-12,15-18H2,2-3H3;(H,6,7)/t22-,24-,35+;/m1./s1. The van der Waals surface area contributed by atoms with Crippen molar-refractivity contribution in [2.24, 2.45) is 0 Å². The molecule has 3 aliphatic heterocycles. The molecule has 0 bridgehead atoms. The third-order valence-electron chi connectivity index (χ3n) is 9.86. The molecule has 3 atom stereocenters. The van der Waals surface area contributed by atoms with Gasteiger partial charge in [0.15, 0.2) is 5.82 Å². The Kier molecular flexibility index (Phi) is 10.5. The Labute approximate surface area is 304 Å². The number of alkyl halides is 4. The lowest BCUT2D eigenvalue weighted by Gasteiger charge is -2.34. The number of rotatable bonds is 6. The third kappa shape index (κ3) is 7.52. The summed E-state index contributed by atoms with van der Waals surface area (Å²) in [7, 11) is 0. The van der Waals surface area contributed by atoms with E-state index in [1.54, 1.807) is 6.92 Å². The highest BCUT2D eigenvalue weighted by atomic mass is 19.4. The number of aromatic hydroxyl groups is 1. The van der Waals surface area contributed by atoms with E-state index in [0.717, 1.165) is 19.4 Å². The Morgan fingerprint density at radius 1 is 1.09 bits per heavy atom. The van der Waals surface area contributed by atoms with Crippen molar-refractivity contribution in [2.75, 3.05) is 37.7 Å². The number of terminal acetylenes is 1. The highest BCUT2D eigenvalue weighted by Crippen LogP contribution is 2.42. The van der Waals surface area contributed by atoms with E-state index in [1.165, 1.54) is 31.2 Å². The number of pyridine rings is 1. The van der Waals surface area contributed by atoms with Crippen LogP contribution in [0, 0.1) is 30.9 Å². The van der Waals surface area contributed by atoms with Crippen LogP contribution in [0.4, 0.5) is 32.2 Å². The van der Waals surface area contributed by atoms with E-state index < -0.39 is 47.6 Å². The Balaban J connectivity index is 0.000000649. The number of carboxylic acids is 1. The number of hydrogen-bond donors (Lipinski definition) is 2. The number of anilines is 1. The molecule has 3 aliphatic rings. The van der Waals surface area contributed by atoms with Gasteiger partial charge in [-0.15, -0.1) is 6.42 Å². The summed E-state index contributed by atoms with van der Waals surface area (Å²) in [5.74, 6) is -2.11. The quantitative estimate of drug-likeness (QED) is 0.131. The van der Waals surface area contributed by atoms with Crippen molar-refractivity contribution in [3.05, 3.63) is 47.2 Å². The molecular formula is C37H35F6N5O6. The predicted molar refractivity (Wildman–Crippen MR) is 184 cm³/mol. The Morgan fingerprint density at radius 2 is 1.83 bits per heavy atom. The number of phenols is 1. The predicted octanol–water partition coefficient (Wildman–Crippen LogP) is 6.24. The monoisotopic (exact) mass is 759 g/mol. The molecule has 2 aromatic heterocycles. The van der Waals surface area contributed by atoms with E-state index in [1.807, 2.05) is 4.90 Å². The molecule has 0 aliphatic carbocycles. The molecule has 11 nitrogen and oxygen atoms in total. The molecule has 0 spiro atoms. The normalized spacial score (nSPS) is 21.4. The summed E-state index contributed by atoms with van der Waals surface area (Å²) in [5.41, 5.74) is -0.367. The number of hydrogen-bond acceptors (Lipinski definition) is 10. The summed E-state index contributed by atoms with van der Waals surface area (Å²) in [4.78, 5) is 38.6. The molecule has 7 rings (SSSR count). The molecule has 54 heavy (non-hydrogen) atoms. The molecule has 2 aromatic carbocycles. The van der Waals surface area contributed by atoms with Gasteiger partial charge in [-0.3, -0.25) is 9.69 Å². The number of aliphatic carboxylic acids is 1. The van der Waals surface area contributed by atoms with Gasteiger partial charge >= 0.3 is 24.1 Å². The molecular weight excluding hydrogens is 724 g/mol. The number of esters is 1. The summed E-state index contributed by atoms with van der Waals surface area (Å²) < 4.78 is 89.8. The molecule has 286 valence electrons.